The van der Waals surface area contributed by atoms with E-state index in [-0.39, 0.29) is 6.54 Å². The third-order valence-electron chi connectivity index (χ3n) is 4.01. The number of hydrogen-bond donors (Lipinski definition) is 2. The molecule has 0 amide bonds. The lowest BCUT2D eigenvalue weighted by molar-refractivity contribution is 0.0442. The van der Waals surface area contributed by atoms with Gasteiger partial charge in [-0.1, -0.05) is 36.4 Å². The summed E-state index contributed by atoms with van der Waals surface area (Å²) in [5.74, 6) is -0.811. The van der Waals surface area contributed by atoms with Crippen molar-refractivity contribution in [2.75, 3.05) is 6.54 Å². The van der Waals surface area contributed by atoms with Crippen LogP contribution in [0.5, 0.6) is 0 Å². The fourth-order valence-corrected chi connectivity index (χ4v) is 3.97. The van der Waals surface area contributed by atoms with Gasteiger partial charge in [0.15, 0.2) is 0 Å². The van der Waals surface area contributed by atoms with Gasteiger partial charge >= 0.3 is 0 Å². The summed E-state index contributed by atoms with van der Waals surface area (Å²) < 4.78 is 40.4. The van der Waals surface area contributed by atoms with Crippen molar-refractivity contribution in [3.63, 3.8) is 0 Å². The lowest BCUT2D eigenvalue weighted by Gasteiger charge is -2.24. The maximum Gasteiger partial charge on any atom is 0.243 e. The standard InChI is InChI=1S/C16H16FNO3S/c17-14-7-3-4-8-15(14)22(20,21)18-11-16(19)10-9-12-5-1-2-6-13(12)16/h1-8,18-19H,9-11H2. The number of benzene rings is 2. The summed E-state index contributed by atoms with van der Waals surface area (Å²) in [6.07, 6.45) is 1.13. The van der Waals surface area contributed by atoms with Gasteiger partial charge in [-0.2, -0.15) is 0 Å². The van der Waals surface area contributed by atoms with Crippen molar-refractivity contribution in [1.82, 2.24) is 4.72 Å². The van der Waals surface area contributed by atoms with Crippen LogP contribution < -0.4 is 4.72 Å². The topological polar surface area (TPSA) is 66.4 Å². The van der Waals surface area contributed by atoms with Crippen molar-refractivity contribution in [3.05, 3.63) is 65.5 Å². The molecule has 1 atom stereocenters. The second kappa shape index (κ2) is 5.46. The first-order valence-corrected chi connectivity index (χ1v) is 8.46. The van der Waals surface area contributed by atoms with Crippen LogP contribution in [-0.4, -0.2) is 20.1 Å². The predicted molar refractivity (Wildman–Crippen MR) is 80.2 cm³/mol. The van der Waals surface area contributed by atoms with E-state index in [2.05, 4.69) is 4.72 Å². The van der Waals surface area contributed by atoms with E-state index in [1.165, 1.54) is 18.2 Å². The molecular formula is C16H16FNO3S. The van der Waals surface area contributed by atoms with Crippen LogP contribution in [0, 0.1) is 5.82 Å². The van der Waals surface area contributed by atoms with E-state index in [0.717, 1.165) is 17.2 Å². The molecular weight excluding hydrogens is 305 g/mol. The second-order valence-corrected chi connectivity index (χ2v) is 7.18. The molecule has 2 aromatic rings. The van der Waals surface area contributed by atoms with Crippen molar-refractivity contribution in [3.8, 4) is 0 Å². The molecule has 0 spiro atoms. The minimum absolute atomic E-state index is 0.180. The molecule has 0 saturated carbocycles. The van der Waals surface area contributed by atoms with Crippen LogP contribution in [0.4, 0.5) is 4.39 Å². The Balaban J connectivity index is 1.83. The normalized spacial score (nSPS) is 20.8. The molecule has 3 rings (SSSR count). The highest BCUT2D eigenvalue weighted by molar-refractivity contribution is 7.89. The molecule has 0 bridgehead atoms. The first kappa shape index (κ1) is 15.1. The van der Waals surface area contributed by atoms with Crippen molar-refractivity contribution < 1.29 is 17.9 Å². The van der Waals surface area contributed by atoms with Gasteiger partial charge in [0.1, 0.15) is 16.3 Å². The minimum Gasteiger partial charge on any atom is -0.384 e. The molecule has 6 heteroatoms. The summed E-state index contributed by atoms with van der Waals surface area (Å²) in [6, 6.07) is 12.6. The highest BCUT2D eigenvalue weighted by Gasteiger charge is 2.37. The Morgan fingerprint density at radius 1 is 1.14 bits per heavy atom. The first-order valence-electron chi connectivity index (χ1n) is 6.97. The summed E-state index contributed by atoms with van der Waals surface area (Å²) >= 11 is 0. The highest BCUT2D eigenvalue weighted by atomic mass is 32.2. The molecule has 0 fully saturated rings. The molecule has 1 unspecified atom stereocenters. The minimum atomic E-state index is -4.00. The summed E-state index contributed by atoms with van der Waals surface area (Å²) in [6.45, 7) is -0.180. The van der Waals surface area contributed by atoms with E-state index in [9.17, 15) is 17.9 Å². The van der Waals surface area contributed by atoms with E-state index in [0.29, 0.717) is 12.8 Å². The zero-order chi connectivity index (χ0) is 15.8. The number of hydrogen-bond acceptors (Lipinski definition) is 3. The number of aliphatic hydroxyl groups is 1. The maximum atomic E-state index is 13.6. The highest BCUT2D eigenvalue weighted by Crippen LogP contribution is 2.36. The molecule has 0 aromatic heterocycles. The average Bonchev–Trinajstić information content (AvgIpc) is 2.84. The van der Waals surface area contributed by atoms with Crippen molar-refractivity contribution in [1.29, 1.82) is 0 Å². The van der Waals surface area contributed by atoms with Crippen molar-refractivity contribution >= 4 is 10.0 Å². The number of aryl methyl sites for hydroxylation is 1. The van der Waals surface area contributed by atoms with E-state index in [1.54, 1.807) is 12.1 Å². The fraction of sp³-hybridized carbons (Fsp3) is 0.250. The molecule has 1 aliphatic carbocycles. The average molecular weight is 321 g/mol. The fourth-order valence-electron chi connectivity index (χ4n) is 2.81. The Kier molecular flexibility index (Phi) is 3.76. The molecule has 0 radical (unpaired) electrons. The monoisotopic (exact) mass is 321 g/mol. The van der Waals surface area contributed by atoms with Crippen molar-refractivity contribution in [2.45, 2.75) is 23.3 Å². The summed E-state index contributed by atoms with van der Waals surface area (Å²) in [5.41, 5.74) is 0.482. The lowest BCUT2D eigenvalue weighted by Crippen LogP contribution is -2.39. The number of rotatable bonds is 4. The van der Waals surface area contributed by atoms with Crippen LogP contribution in [0.1, 0.15) is 17.5 Å². The largest absolute Gasteiger partial charge is 0.384 e. The number of halogens is 1. The zero-order valence-corrected chi connectivity index (χ0v) is 12.6. The Labute approximate surface area is 128 Å². The van der Waals surface area contributed by atoms with E-state index < -0.39 is 26.3 Å². The van der Waals surface area contributed by atoms with Crippen LogP contribution in [0.25, 0.3) is 0 Å². The van der Waals surface area contributed by atoms with Crippen LogP contribution in [0.3, 0.4) is 0 Å². The van der Waals surface area contributed by atoms with Crippen LogP contribution in [0.2, 0.25) is 0 Å². The number of fused-ring (bicyclic) bond motifs is 1. The van der Waals surface area contributed by atoms with Gasteiger partial charge in [0.25, 0.3) is 0 Å². The smallest absolute Gasteiger partial charge is 0.243 e. The zero-order valence-electron chi connectivity index (χ0n) is 11.8. The molecule has 2 aromatic carbocycles. The molecule has 0 aliphatic heterocycles. The van der Waals surface area contributed by atoms with E-state index >= 15 is 0 Å². The first-order chi connectivity index (χ1) is 10.4. The molecule has 22 heavy (non-hydrogen) atoms. The van der Waals surface area contributed by atoms with Gasteiger partial charge in [0, 0.05) is 6.54 Å². The molecule has 1 aliphatic rings. The summed E-state index contributed by atoms with van der Waals surface area (Å²) in [5, 5.41) is 10.7. The van der Waals surface area contributed by atoms with E-state index in [4.69, 9.17) is 0 Å². The summed E-state index contributed by atoms with van der Waals surface area (Å²) in [7, 11) is -4.00. The quantitative estimate of drug-likeness (QED) is 0.904. The van der Waals surface area contributed by atoms with Gasteiger partial charge in [0.2, 0.25) is 10.0 Å². The van der Waals surface area contributed by atoms with E-state index in [1.807, 2.05) is 12.1 Å². The van der Waals surface area contributed by atoms with Crippen LogP contribution in [-0.2, 0) is 22.0 Å². The Hall–Kier alpha value is -1.76. The van der Waals surface area contributed by atoms with Gasteiger partial charge in [-0.15, -0.1) is 0 Å². The molecule has 0 heterocycles. The molecule has 4 nitrogen and oxygen atoms in total. The van der Waals surface area contributed by atoms with Gasteiger partial charge in [0.05, 0.1) is 0 Å². The Bertz CT molecular complexity index is 807. The third-order valence-corrected chi connectivity index (χ3v) is 5.44. The van der Waals surface area contributed by atoms with Gasteiger partial charge in [-0.25, -0.2) is 17.5 Å². The van der Waals surface area contributed by atoms with Crippen LogP contribution in [0.15, 0.2) is 53.4 Å². The van der Waals surface area contributed by atoms with Gasteiger partial charge in [-0.3, -0.25) is 0 Å². The Morgan fingerprint density at radius 2 is 1.82 bits per heavy atom. The van der Waals surface area contributed by atoms with Crippen LogP contribution >= 0.6 is 0 Å². The second-order valence-electron chi connectivity index (χ2n) is 5.44. The number of nitrogens with one attached hydrogen (secondary N) is 1. The maximum absolute atomic E-state index is 13.6. The predicted octanol–water partition coefficient (Wildman–Crippen LogP) is 1.94. The number of sulfonamides is 1. The molecule has 0 saturated heterocycles. The summed E-state index contributed by atoms with van der Waals surface area (Å²) in [4.78, 5) is -0.412. The molecule has 116 valence electrons. The third kappa shape index (κ3) is 2.65. The SMILES string of the molecule is O=S(=O)(NCC1(O)CCc2ccccc21)c1ccccc1F. The molecule has 2 N–H and O–H groups in total. The van der Waals surface area contributed by atoms with Gasteiger partial charge in [-0.05, 0) is 36.1 Å². The van der Waals surface area contributed by atoms with Crippen molar-refractivity contribution in [2.24, 2.45) is 0 Å². The van der Waals surface area contributed by atoms with Gasteiger partial charge < -0.3 is 5.11 Å². The lowest BCUT2D eigenvalue weighted by atomic mass is 9.96. The Morgan fingerprint density at radius 3 is 2.59 bits per heavy atom.